The molecule has 0 N–H and O–H groups in total. The summed E-state index contributed by atoms with van der Waals surface area (Å²) in [4.78, 5) is 0. The van der Waals surface area contributed by atoms with Crippen molar-refractivity contribution in [2.24, 2.45) is 11.8 Å². The van der Waals surface area contributed by atoms with Crippen LogP contribution in [0.3, 0.4) is 0 Å². The molecule has 208 valence electrons. The molecule has 0 spiro atoms. The van der Waals surface area contributed by atoms with Crippen molar-refractivity contribution in [1.29, 1.82) is 0 Å². The highest BCUT2D eigenvalue weighted by Crippen LogP contribution is 2.60. The first-order chi connectivity index (χ1) is 18.6. The molecule has 0 aromatic heterocycles. The first-order valence-corrected chi connectivity index (χ1v) is 16.3. The first-order valence-electron chi connectivity index (χ1n) is 16.3. The Morgan fingerprint density at radius 1 is 0.667 bits per heavy atom. The lowest BCUT2D eigenvalue weighted by molar-refractivity contribution is 0.126. The minimum absolute atomic E-state index is 0.122. The van der Waals surface area contributed by atoms with Crippen LogP contribution >= 0.6 is 0 Å². The molecule has 2 saturated carbocycles. The third-order valence-electron chi connectivity index (χ3n) is 11.0. The summed E-state index contributed by atoms with van der Waals surface area (Å²) in [6, 6.07) is 12.5. The van der Waals surface area contributed by atoms with Crippen LogP contribution in [0, 0.1) is 11.8 Å². The summed E-state index contributed by atoms with van der Waals surface area (Å²) >= 11 is 0. The average molecular weight is 521 g/mol. The lowest BCUT2D eigenvalue weighted by atomic mass is 9.50. The van der Waals surface area contributed by atoms with Crippen molar-refractivity contribution in [3.63, 3.8) is 0 Å². The molecular formula is C39H52. The van der Waals surface area contributed by atoms with Crippen LogP contribution in [0.4, 0.5) is 0 Å². The zero-order chi connectivity index (χ0) is 27.4. The summed E-state index contributed by atoms with van der Waals surface area (Å²) in [5.41, 5.74) is 13.4. The van der Waals surface area contributed by atoms with Gasteiger partial charge in [-0.25, -0.2) is 0 Å². The van der Waals surface area contributed by atoms with Crippen LogP contribution in [0.2, 0.25) is 0 Å². The Labute approximate surface area is 239 Å². The zero-order valence-electron chi connectivity index (χ0n) is 25.8. The average Bonchev–Trinajstić information content (AvgIpc) is 3.58. The van der Waals surface area contributed by atoms with Crippen LogP contribution in [0.1, 0.15) is 140 Å². The quantitative estimate of drug-likeness (QED) is 0.321. The zero-order valence-corrected chi connectivity index (χ0v) is 25.8. The summed E-state index contributed by atoms with van der Waals surface area (Å²) in [5.74, 6) is 1.53. The van der Waals surface area contributed by atoms with E-state index in [0.29, 0.717) is 0 Å². The molecule has 0 heterocycles. The third-order valence-corrected chi connectivity index (χ3v) is 11.0. The fourth-order valence-corrected chi connectivity index (χ4v) is 9.14. The van der Waals surface area contributed by atoms with E-state index in [0.717, 1.165) is 24.7 Å². The summed E-state index contributed by atoms with van der Waals surface area (Å²) in [6.45, 7) is 14.5. The molecule has 6 rings (SSSR count). The Balaban J connectivity index is 1.65. The Bertz CT molecular complexity index is 1250. The molecular weight excluding hydrogens is 468 g/mol. The van der Waals surface area contributed by atoms with Crippen LogP contribution in [0.15, 0.2) is 54.1 Å². The molecule has 0 saturated heterocycles. The molecule has 0 heteroatoms. The van der Waals surface area contributed by atoms with Gasteiger partial charge in [0.05, 0.1) is 0 Å². The van der Waals surface area contributed by atoms with E-state index >= 15 is 0 Å². The third kappa shape index (κ3) is 4.59. The second-order valence-corrected chi connectivity index (χ2v) is 15.4. The molecule has 4 aliphatic carbocycles. The number of hydrogen-bond donors (Lipinski definition) is 0. The summed E-state index contributed by atoms with van der Waals surface area (Å²) < 4.78 is 0. The predicted octanol–water partition coefficient (Wildman–Crippen LogP) is 11.1. The molecule has 2 aromatic rings. The number of rotatable bonds is 4. The van der Waals surface area contributed by atoms with Crippen molar-refractivity contribution in [3.05, 3.63) is 82.0 Å². The van der Waals surface area contributed by atoms with Crippen molar-refractivity contribution in [3.8, 4) is 11.1 Å². The summed E-state index contributed by atoms with van der Waals surface area (Å²) in [5, 5.41) is 0. The Hall–Kier alpha value is -2.08. The lowest BCUT2D eigenvalue weighted by Crippen LogP contribution is -2.48. The van der Waals surface area contributed by atoms with Gasteiger partial charge in [-0.15, -0.1) is 0 Å². The summed E-state index contributed by atoms with van der Waals surface area (Å²) in [7, 11) is 0. The van der Waals surface area contributed by atoms with E-state index in [1.165, 1.54) is 80.9 Å². The maximum atomic E-state index is 2.58. The van der Waals surface area contributed by atoms with Crippen LogP contribution in [0.5, 0.6) is 0 Å². The Morgan fingerprint density at radius 3 is 1.82 bits per heavy atom. The van der Waals surface area contributed by atoms with E-state index in [1.807, 2.05) is 0 Å². The van der Waals surface area contributed by atoms with Gasteiger partial charge in [-0.3, -0.25) is 0 Å². The molecule has 39 heavy (non-hydrogen) atoms. The van der Waals surface area contributed by atoms with E-state index in [4.69, 9.17) is 0 Å². The van der Waals surface area contributed by atoms with Gasteiger partial charge in [-0.05, 0) is 100 Å². The van der Waals surface area contributed by atoms with Gasteiger partial charge in [0.1, 0.15) is 0 Å². The van der Waals surface area contributed by atoms with Gasteiger partial charge in [0.25, 0.3) is 0 Å². The van der Waals surface area contributed by atoms with Gasteiger partial charge < -0.3 is 0 Å². The number of allylic oxidation sites excluding steroid dienone is 4. The highest BCUT2D eigenvalue weighted by Gasteiger charge is 2.52. The topological polar surface area (TPSA) is 0 Å². The first kappa shape index (κ1) is 27.1. The largest absolute Gasteiger partial charge is 0.0804 e. The SMILES string of the molecule is CC(C)(C)c1ccc2c(c1)Cc1c-2ccc(C(C)(C)C)c1C(C1=CC=CC1)(C1CCCCC1)C1CCCCC1. The number of benzene rings is 2. The van der Waals surface area contributed by atoms with Crippen molar-refractivity contribution in [1.82, 2.24) is 0 Å². The van der Waals surface area contributed by atoms with E-state index in [-0.39, 0.29) is 16.2 Å². The van der Waals surface area contributed by atoms with Crippen LogP contribution in [0.25, 0.3) is 11.1 Å². The maximum absolute atomic E-state index is 2.58. The molecule has 4 aliphatic rings. The van der Waals surface area contributed by atoms with Gasteiger partial charge >= 0.3 is 0 Å². The molecule has 0 nitrogen and oxygen atoms in total. The second-order valence-electron chi connectivity index (χ2n) is 15.4. The number of fused-ring (bicyclic) bond motifs is 3. The van der Waals surface area contributed by atoms with E-state index in [9.17, 15) is 0 Å². The van der Waals surface area contributed by atoms with Gasteiger partial charge in [0.2, 0.25) is 0 Å². The minimum Gasteiger partial charge on any atom is -0.0804 e. The van der Waals surface area contributed by atoms with Crippen molar-refractivity contribution >= 4 is 0 Å². The van der Waals surface area contributed by atoms with Gasteiger partial charge in [0, 0.05) is 5.41 Å². The highest BCUT2D eigenvalue weighted by molar-refractivity contribution is 5.80. The van der Waals surface area contributed by atoms with Crippen molar-refractivity contribution < 1.29 is 0 Å². The smallest absolute Gasteiger partial charge is 0.0230 e. The monoisotopic (exact) mass is 520 g/mol. The fraction of sp³-hybridized carbons (Fsp3) is 0.590. The molecule has 0 amide bonds. The van der Waals surface area contributed by atoms with E-state index in [1.54, 1.807) is 27.8 Å². The van der Waals surface area contributed by atoms with Gasteiger partial charge in [-0.1, -0.05) is 134 Å². The molecule has 0 aliphatic heterocycles. The van der Waals surface area contributed by atoms with E-state index < -0.39 is 0 Å². The standard InChI is InChI=1S/C39H52/c1-37(2,3)31-21-22-32-27(25-31)26-34-33(32)23-24-35(38(4,5)6)36(34)39(30-19-13-14-20-30,28-15-9-7-10-16-28)29-17-11-8-12-18-29/h13-14,19,21-25,28-29H,7-12,15-18,20,26H2,1-6H3. The molecule has 2 aromatic carbocycles. The molecule has 0 atom stereocenters. The van der Waals surface area contributed by atoms with Crippen molar-refractivity contribution in [2.75, 3.05) is 0 Å². The fourth-order valence-electron chi connectivity index (χ4n) is 9.14. The van der Waals surface area contributed by atoms with Crippen LogP contribution < -0.4 is 0 Å². The molecule has 2 fully saturated rings. The lowest BCUT2D eigenvalue weighted by Gasteiger charge is -2.53. The normalized spacial score (nSPS) is 20.7. The number of hydrogen-bond acceptors (Lipinski definition) is 0. The predicted molar refractivity (Wildman–Crippen MR) is 169 cm³/mol. The Kier molecular flexibility index (Phi) is 7.01. The van der Waals surface area contributed by atoms with Gasteiger partial charge in [-0.2, -0.15) is 0 Å². The highest BCUT2D eigenvalue weighted by atomic mass is 14.6. The maximum Gasteiger partial charge on any atom is 0.0230 e. The van der Waals surface area contributed by atoms with E-state index in [2.05, 4.69) is 90.1 Å². The molecule has 0 radical (unpaired) electrons. The Morgan fingerprint density at radius 2 is 1.28 bits per heavy atom. The van der Waals surface area contributed by atoms with Crippen LogP contribution in [-0.2, 0) is 22.7 Å². The van der Waals surface area contributed by atoms with Crippen molar-refractivity contribution in [2.45, 2.75) is 135 Å². The van der Waals surface area contributed by atoms with Gasteiger partial charge in [0.15, 0.2) is 0 Å². The molecule has 0 bridgehead atoms. The molecule has 0 unspecified atom stereocenters. The summed E-state index contributed by atoms with van der Waals surface area (Å²) in [6.07, 6.45) is 23.8. The minimum atomic E-state index is 0.122. The van der Waals surface area contributed by atoms with Crippen LogP contribution in [-0.4, -0.2) is 0 Å². The second kappa shape index (κ2) is 10.1.